The number of hydrogen-bond acceptors (Lipinski definition) is 4. The Balaban J connectivity index is 1.78. The Hall–Kier alpha value is -3.12. The third-order valence-electron chi connectivity index (χ3n) is 5.15. The van der Waals surface area contributed by atoms with Crippen LogP contribution in [0.25, 0.3) is 11.0 Å². The fourth-order valence-corrected chi connectivity index (χ4v) is 3.34. The van der Waals surface area contributed by atoms with Crippen molar-refractivity contribution >= 4 is 22.6 Å². The molecule has 2 aromatic carbocycles. The van der Waals surface area contributed by atoms with E-state index in [-0.39, 0.29) is 11.5 Å². The molecule has 0 fully saturated rings. The minimum Gasteiger partial charge on any atom is -0.497 e. The van der Waals surface area contributed by atoms with Crippen LogP contribution in [0.3, 0.4) is 0 Å². The van der Waals surface area contributed by atoms with E-state index in [0.717, 1.165) is 33.5 Å². The highest BCUT2D eigenvalue weighted by molar-refractivity contribution is 5.91. The van der Waals surface area contributed by atoms with Gasteiger partial charge in [-0.2, -0.15) is 0 Å². The van der Waals surface area contributed by atoms with Gasteiger partial charge in [-0.05, 0) is 56.2 Å². The van der Waals surface area contributed by atoms with E-state index < -0.39 is 0 Å². The molecule has 3 aromatic rings. The molecule has 0 aliphatic heterocycles. The minimum absolute atomic E-state index is 0.0885. The van der Waals surface area contributed by atoms with E-state index in [2.05, 4.69) is 5.32 Å². The van der Waals surface area contributed by atoms with Crippen LogP contribution < -0.4 is 20.6 Å². The predicted molar refractivity (Wildman–Crippen MR) is 114 cm³/mol. The molecule has 0 bridgehead atoms. The topological polar surface area (TPSA) is 73.0 Å². The Bertz CT molecular complexity index is 1090. The number of quaternary nitrogens is 1. The van der Waals surface area contributed by atoms with Crippen LogP contribution in [0.5, 0.6) is 5.75 Å². The van der Waals surface area contributed by atoms with E-state index in [1.54, 1.807) is 13.2 Å². The van der Waals surface area contributed by atoms with Crippen molar-refractivity contribution in [2.45, 2.75) is 27.3 Å². The fourth-order valence-electron chi connectivity index (χ4n) is 3.34. The first-order valence-corrected chi connectivity index (χ1v) is 9.71. The third-order valence-corrected chi connectivity index (χ3v) is 5.15. The summed E-state index contributed by atoms with van der Waals surface area (Å²) in [5.74, 6) is 0.602. The molecule has 6 heteroatoms. The summed E-state index contributed by atoms with van der Waals surface area (Å²) >= 11 is 0. The van der Waals surface area contributed by atoms with Gasteiger partial charge in [-0.3, -0.25) is 4.79 Å². The standard InChI is InChI=1S/C23H26N2O4/c1-5-25(14-22(26)24-18-7-6-8-19(12-18)28-4)13-17-11-23(27)29-21-10-16(3)15(2)9-20(17)21/h6-12H,5,13-14H2,1-4H3,(H,24,26)/p+1. The summed E-state index contributed by atoms with van der Waals surface area (Å²) in [4.78, 5) is 25.6. The SMILES string of the molecule is CC[NH+](CC(=O)Nc1cccc(OC)c1)Cc1cc(=O)oc2cc(C)c(C)cc12. The van der Waals surface area contributed by atoms with Gasteiger partial charge in [-0.1, -0.05) is 6.07 Å². The smallest absolute Gasteiger partial charge is 0.336 e. The van der Waals surface area contributed by atoms with E-state index in [1.807, 2.05) is 51.1 Å². The highest BCUT2D eigenvalue weighted by Crippen LogP contribution is 2.21. The highest BCUT2D eigenvalue weighted by atomic mass is 16.5. The van der Waals surface area contributed by atoms with E-state index >= 15 is 0 Å². The largest absolute Gasteiger partial charge is 0.497 e. The van der Waals surface area contributed by atoms with Crippen LogP contribution in [0, 0.1) is 13.8 Å². The molecule has 0 aliphatic rings. The van der Waals surface area contributed by atoms with Crippen LogP contribution in [0.2, 0.25) is 0 Å². The van der Waals surface area contributed by atoms with Crippen molar-refractivity contribution in [1.29, 1.82) is 0 Å². The molecular weight excluding hydrogens is 368 g/mol. The summed E-state index contributed by atoms with van der Waals surface area (Å²) in [7, 11) is 1.59. The maximum atomic E-state index is 12.5. The number of benzene rings is 2. The molecule has 0 saturated carbocycles. The lowest BCUT2D eigenvalue weighted by molar-refractivity contribution is -0.903. The van der Waals surface area contributed by atoms with Crippen LogP contribution in [-0.2, 0) is 11.3 Å². The van der Waals surface area contributed by atoms with Crippen LogP contribution >= 0.6 is 0 Å². The second-order valence-corrected chi connectivity index (χ2v) is 7.26. The molecule has 1 aromatic heterocycles. The number of amides is 1. The van der Waals surface area contributed by atoms with E-state index in [4.69, 9.17) is 9.15 Å². The van der Waals surface area contributed by atoms with E-state index in [9.17, 15) is 9.59 Å². The van der Waals surface area contributed by atoms with Gasteiger partial charge >= 0.3 is 5.63 Å². The quantitative estimate of drug-likeness (QED) is 0.603. The van der Waals surface area contributed by atoms with Gasteiger partial charge in [0.15, 0.2) is 6.54 Å². The normalized spacial score (nSPS) is 12.0. The second kappa shape index (κ2) is 8.92. The molecule has 1 atom stereocenters. The third kappa shape index (κ3) is 5.03. The number of aryl methyl sites for hydroxylation is 2. The molecule has 0 spiro atoms. The van der Waals surface area contributed by atoms with E-state index in [1.165, 1.54) is 6.07 Å². The summed E-state index contributed by atoms with van der Waals surface area (Å²) in [6.45, 7) is 7.66. The second-order valence-electron chi connectivity index (χ2n) is 7.26. The van der Waals surface area contributed by atoms with Crippen molar-refractivity contribution in [2.75, 3.05) is 25.5 Å². The average molecular weight is 395 g/mol. The summed E-state index contributed by atoms with van der Waals surface area (Å²) in [6.07, 6.45) is 0. The molecule has 29 heavy (non-hydrogen) atoms. The van der Waals surface area contributed by atoms with Crippen molar-refractivity contribution in [3.63, 3.8) is 0 Å². The van der Waals surface area contributed by atoms with Crippen LogP contribution in [-0.4, -0.2) is 26.1 Å². The number of anilines is 1. The van der Waals surface area contributed by atoms with Gasteiger partial charge in [0.1, 0.15) is 17.9 Å². The monoisotopic (exact) mass is 395 g/mol. The minimum atomic E-state index is -0.368. The van der Waals surface area contributed by atoms with E-state index in [0.29, 0.717) is 30.1 Å². The molecule has 1 amide bonds. The first kappa shape index (κ1) is 20.6. The molecule has 6 nitrogen and oxygen atoms in total. The summed E-state index contributed by atoms with van der Waals surface area (Å²) in [5, 5.41) is 3.84. The number of carbonyl (C=O) groups is 1. The number of likely N-dealkylation sites (N-methyl/N-ethyl adjacent to an activating group) is 1. The van der Waals surface area contributed by atoms with Crippen LogP contribution in [0.4, 0.5) is 5.69 Å². The van der Waals surface area contributed by atoms with Gasteiger partial charge in [0.05, 0.1) is 13.7 Å². The Morgan fingerprint density at radius 2 is 1.90 bits per heavy atom. The van der Waals surface area contributed by atoms with Crippen molar-refractivity contribution in [2.24, 2.45) is 0 Å². The van der Waals surface area contributed by atoms with Crippen molar-refractivity contribution in [3.05, 3.63) is 69.6 Å². The maximum Gasteiger partial charge on any atom is 0.336 e. The number of ether oxygens (including phenoxy) is 1. The number of methoxy groups -OCH3 is 1. The zero-order valence-corrected chi connectivity index (χ0v) is 17.3. The molecule has 3 rings (SSSR count). The molecule has 2 N–H and O–H groups in total. The molecule has 152 valence electrons. The molecule has 1 unspecified atom stereocenters. The lowest BCUT2D eigenvalue weighted by atomic mass is 10.0. The highest BCUT2D eigenvalue weighted by Gasteiger charge is 2.17. The average Bonchev–Trinajstić information content (AvgIpc) is 2.69. The zero-order chi connectivity index (χ0) is 21.0. The molecule has 0 aliphatic carbocycles. The van der Waals surface area contributed by atoms with Gasteiger partial charge in [0.25, 0.3) is 5.91 Å². The molecule has 0 radical (unpaired) electrons. The van der Waals surface area contributed by atoms with Gasteiger partial charge in [-0.15, -0.1) is 0 Å². The Kier molecular flexibility index (Phi) is 6.34. The van der Waals surface area contributed by atoms with Crippen molar-refractivity contribution in [1.82, 2.24) is 0 Å². The Labute approximate surface area is 170 Å². The Morgan fingerprint density at radius 3 is 2.62 bits per heavy atom. The van der Waals surface area contributed by atoms with Gasteiger partial charge in [0.2, 0.25) is 0 Å². The predicted octanol–water partition coefficient (Wildman–Crippen LogP) is 2.46. The molecule has 0 saturated heterocycles. The summed E-state index contributed by atoms with van der Waals surface area (Å²) in [6, 6.07) is 12.8. The Morgan fingerprint density at radius 1 is 1.14 bits per heavy atom. The van der Waals surface area contributed by atoms with Gasteiger partial charge in [-0.25, -0.2) is 4.79 Å². The van der Waals surface area contributed by atoms with Crippen LogP contribution in [0.1, 0.15) is 23.6 Å². The molecule has 1 heterocycles. The number of nitrogens with one attached hydrogen (secondary N) is 2. The van der Waals surface area contributed by atoms with Crippen LogP contribution in [0.15, 0.2) is 51.7 Å². The lowest BCUT2D eigenvalue weighted by Crippen LogP contribution is -3.11. The summed E-state index contributed by atoms with van der Waals surface area (Å²) < 4.78 is 10.6. The van der Waals surface area contributed by atoms with Gasteiger partial charge < -0.3 is 19.4 Å². The lowest BCUT2D eigenvalue weighted by Gasteiger charge is -2.18. The number of hydrogen-bond donors (Lipinski definition) is 2. The first-order valence-electron chi connectivity index (χ1n) is 9.71. The number of fused-ring (bicyclic) bond motifs is 1. The maximum absolute atomic E-state index is 12.5. The van der Waals surface area contributed by atoms with Crippen molar-refractivity contribution in [3.8, 4) is 5.75 Å². The molecular formula is C23H27N2O4+. The van der Waals surface area contributed by atoms with Gasteiger partial charge in [0, 0.05) is 28.8 Å². The fraction of sp³-hybridized carbons (Fsp3) is 0.304. The van der Waals surface area contributed by atoms with Crippen molar-refractivity contribution < 1.29 is 18.8 Å². The number of rotatable bonds is 7. The zero-order valence-electron chi connectivity index (χ0n) is 17.3. The summed E-state index contributed by atoms with van der Waals surface area (Å²) in [5.41, 5.74) is 4.03. The number of carbonyl (C=O) groups excluding carboxylic acids is 1. The first-order chi connectivity index (χ1) is 13.9.